The van der Waals surface area contributed by atoms with Crippen LogP contribution in [0.3, 0.4) is 0 Å². The van der Waals surface area contributed by atoms with Crippen LogP contribution < -0.4 is 5.73 Å². The minimum atomic E-state index is 0.285. The molecule has 0 saturated carbocycles. The van der Waals surface area contributed by atoms with Gasteiger partial charge in [-0.2, -0.15) is 0 Å². The third-order valence-electron chi connectivity index (χ3n) is 4.51. The van der Waals surface area contributed by atoms with E-state index in [4.69, 9.17) is 10.5 Å². The lowest BCUT2D eigenvalue weighted by Crippen LogP contribution is -2.43. The standard InChI is InChI=1S/C15H29N3O2/c1-13(16)14-4-2-6-17(12-14)7-3-5-15(19)18-8-10-20-11-9-18/h13-14H,2-12,16H2,1H3. The molecule has 0 aromatic carbocycles. The smallest absolute Gasteiger partial charge is 0.222 e. The van der Waals surface area contributed by atoms with Gasteiger partial charge in [-0.05, 0) is 45.2 Å². The van der Waals surface area contributed by atoms with E-state index < -0.39 is 0 Å². The van der Waals surface area contributed by atoms with Gasteiger partial charge in [0, 0.05) is 32.1 Å². The third kappa shape index (κ3) is 4.72. The Labute approximate surface area is 122 Å². The van der Waals surface area contributed by atoms with Gasteiger partial charge in [-0.3, -0.25) is 4.79 Å². The quantitative estimate of drug-likeness (QED) is 0.806. The fourth-order valence-electron chi connectivity index (χ4n) is 3.15. The summed E-state index contributed by atoms with van der Waals surface area (Å²) < 4.78 is 5.27. The summed E-state index contributed by atoms with van der Waals surface area (Å²) in [5, 5.41) is 0. The first-order valence-electron chi connectivity index (χ1n) is 8.00. The molecule has 0 aromatic heterocycles. The summed E-state index contributed by atoms with van der Waals surface area (Å²) >= 11 is 0. The number of ether oxygens (including phenoxy) is 1. The normalized spacial score (nSPS) is 26.5. The van der Waals surface area contributed by atoms with Crippen molar-refractivity contribution in [3.8, 4) is 0 Å². The number of amides is 1. The van der Waals surface area contributed by atoms with Gasteiger partial charge in [0.05, 0.1) is 13.2 Å². The molecule has 0 radical (unpaired) electrons. The Morgan fingerprint density at radius 1 is 1.35 bits per heavy atom. The molecule has 2 fully saturated rings. The number of carbonyl (C=O) groups is 1. The highest BCUT2D eigenvalue weighted by atomic mass is 16.5. The van der Waals surface area contributed by atoms with Crippen molar-refractivity contribution < 1.29 is 9.53 Å². The van der Waals surface area contributed by atoms with Crippen LogP contribution in [0.1, 0.15) is 32.6 Å². The van der Waals surface area contributed by atoms with E-state index in [1.807, 2.05) is 4.90 Å². The molecule has 2 saturated heterocycles. The van der Waals surface area contributed by atoms with Gasteiger partial charge in [-0.25, -0.2) is 0 Å². The number of nitrogens with two attached hydrogens (primary N) is 1. The Morgan fingerprint density at radius 3 is 2.80 bits per heavy atom. The number of hydrogen-bond acceptors (Lipinski definition) is 4. The van der Waals surface area contributed by atoms with Gasteiger partial charge in [0.25, 0.3) is 0 Å². The van der Waals surface area contributed by atoms with Gasteiger partial charge in [0.15, 0.2) is 0 Å². The second kappa shape index (κ2) is 7.96. The van der Waals surface area contributed by atoms with Gasteiger partial charge in [0.1, 0.15) is 0 Å². The molecule has 2 atom stereocenters. The first-order valence-corrected chi connectivity index (χ1v) is 8.00. The van der Waals surface area contributed by atoms with Crippen LogP contribution in [0.5, 0.6) is 0 Å². The Hall–Kier alpha value is -0.650. The molecule has 2 aliphatic heterocycles. The average Bonchev–Trinajstić information content (AvgIpc) is 2.48. The van der Waals surface area contributed by atoms with E-state index in [0.29, 0.717) is 25.6 Å². The molecule has 116 valence electrons. The molecule has 2 heterocycles. The van der Waals surface area contributed by atoms with Crippen molar-refractivity contribution >= 4 is 5.91 Å². The molecule has 0 aliphatic carbocycles. The molecule has 0 bridgehead atoms. The van der Waals surface area contributed by atoms with E-state index in [9.17, 15) is 4.79 Å². The van der Waals surface area contributed by atoms with Crippen LogP contribution in [-0.2, 0) is 9.53 Å². The van der Waals surface area contributed by atoms with Crippen molar-refractivity contribution in [2.75, 3.05) is 45.9 Å². The fraction of sp³-hybridized carbons (Fsp3) is 0.933. The van der Waals surface area contributed by atoms with Gasteiger partial charge in [-0.15, -0.1) is 0 Å². The SMILES string of the molecule is CC(N)C1CCCN(CCCC(=O)N2CCOCC2)C1. The molecule has 0 aromatic rings. The van der Waals surface area contributed by atoms with E-state index in [0.717, 1.165) is 39.1 Å². The van der Waals surface area contributed by atoms with Crippen molar-refractivity contribution in [1.82, 2.24) is 9.80 Å². The maximum absolute atomic E-state index is 12.0. The average molecular weight is 283 g/mol. The lowest BCUT2D eigenvalue weighted by Gasteiger charge is -2.34. The van der Waals surface area contributed by atoms with Gasteiger partial charge < -0.3 is 20.3 Å². The fourth-order valence-corrected chi connectivity index (χ4v) is 3.15. The molecule has 2 aliphatic rings. The highest BCUT2D eigenvalue weighted by molar-refractivity contribution is 5.76. The molecular weight excluding hydrogens is 254 g/mol. The van der Waals surface area contributed by atoms with Crippen LogP contribution in [0.15, 0.2) is 0 Å². The molecule has 2 N–H and O–H groups in total. The number of nitrogens with zero attached hydrogens (tertiary/aromatic N) is 2. The van der Waals surface area contributed by atoms with Crippen LogP contribution >= 0.6 is 0 Å². The van der Waals surface area contributed by atoms with Gasteiger partial charge in [0.2, 0.25) is 5.91 Å². The minimum Gasteiger partial charge on any atom is -0.378 e. The summed E-state index contributed by atoms with van der Waals surface area (Å²) in [7, 11) is 0. The third-order valence-corrected chi connectivity index (χ3v) is 4.51. The maximum atomic E-state index is 12.0. The number of likely N-dealkylation sites (tertiary alicyclic amines) is 1. The largest absolute Gasteiger partial charge is 0.378 e. The van der Waals surface area contributed by atoms with Crippen LogP contribution in [0.25, 0.3) is 0 Å². The van der Waals surface area contributed by atoms with Crippen LogP contribution in [0.2, 0.25) is 0 Å². The number of hydrogen-bond donors (Lipinski definition) is 1. The Morgan fingerprint density at radius 2 is 2.10 bits per heavy atom. The Bertz CT molecular complexity index is 303. The predicted molar refractivity (Wildman–Crippen MR) is 79.4 cm³/mol. The van der Waals surface area contributed by atoms with E-state index in [1.54, 1.807) is 0 Å². The monoisotopic (exact) mass is 283 g/mol. The second-order valence-corrected chi connectivity index (χ2v) is 6.16. The topological polar surface area (TPSA) is 58.8 Å². The maximum Gasteiger partial charge on any atom is 0.222 e. The zero-order valence-electron chi connectivity index (χ0n) is 12.7. The van der Waals surface area contributed by atoms with Crippen LogP contribution in [0, 0.1) is 5.92 Å². The van der Waals surface area contributed by atoms with E-state index in [1.165, 1.54) is 12.8 Å². The molecule has 20 heavy (non-hydrogen) atoms. The van der Waals surface area contributed by atoms with Crippen molar-refractivity contribution in [2.24, 2.45) is 11.7 Å². The number of piperidine rings is 1. The van der Waals surface area contributed by atoms with E-state index >= 15 is 0 Å². The predicted octanol–water partition coefficient (Wildman–Crippen LogP) is 0.685. The molecule has 2 unspecified atom stereocenters. The van der Waals surface area contributed by atoms with Crippen molar-refractivity contribution in [1.29, 1.82) is 0 Å². The zero-order chi connectivity index (χ0) is 14.4. The summed E-state index contributed by atoms with van der Waals surface area (Å²) in [6.45, 7) is 8.29. The Kier molecular flexibility index (Phi) is 6.26. The highest BCUT2D eigenvalue weighted by Gasteiger charge is 2.23. The summed E-state index contributed by atoms with van der Waals surface area (Å²) in [6.07, 6.45) is 4.12. The summed E-state index contributed by atoms with van der Waals surface area (Å²) in [5.74, 6) is 0.910. The highest BCUT2D eigenvalue weighted by Crippen LogP contribution is 2.19. The zero-order valence-corrected chi connectivity index (χ0v) is 12.7. The minimum absolute atomic E-state index is 0.285. The van der Waals surface area contributed by atoms with Gasteiger partial charge >= 0.3 is 0 Å². The molecular formula is C15H29N3O2. The molecule has 1 amide bonds. The molecule has 0 spiro atoms. The lowest BCUT2D eigenvalue weighted by atomic mass is 9.92. The van der Waals surface area contributed by atoms with Crippen molar-refractivity contribution in [3.63, 3.8) is 0 Å². The summed E-state index contributed by atoms with van der Waals surface area (Å²) in [6, 6.07) is 0.285. The molecule has 2 rings (SSSR count). The van der Waals surface area contributed by atoms with E-state index in [2.05, 4.69) is 11.8 Å². The van der Waals surface area contributed by atoms with E-state index in [-0.39, 0.29) is 11.9 Å². The molecule has 5 nitrogen and oxygen atoms in total. The summed E-state index contributed by atoms with van der Waals surface area (Å²) in [4.78, 5) is 16.5. The number of rotatable bonds is 5. The van der Waals surface area contributed by atoms with Crippen molar-refractivity contribution in [2.45, 2.75) is 38.6 Å². The summed E-state index contributed by atoms with van der Waals surface area (Å²) in [5.41, 5.74) is 6.00. The number of carbonyl (C=O) groups excluding carboxylic acids is 1. The van der Waals surface area contributed by atoms with Gasteiger partial charge in [-0.1, -0.05) is 0 Å². The molecule has 5 heteroatoms. The lowest BCUT2D eigenvalue weighted by molar-refractivity contribution is -0.135. The first-order chi connectivity index (χ1) is 9.66. The Balaban J connectivity index is 1.63. The second-order valence-electron chi connectivity index (χ2n) is 6.16. The first kappa shape index (κ1) is 15.7. The van der Waals surface area contributed by atoms with Crippen LogP contribution in [-0.4, -0.2) is 67.7 Å². The number of morpholine rings is 1. The van der Waals surface area contributed by atoms with Crippen LogP contribution in [0.4, 0.5) is 0 Å². The van der Waals surface area contributed by atoms with Crippen molar-refractivity contribution in [3.05, 3.63) is 0 Å².